The van der Waals surface area contributed by atoms with Gasteiger partial charge in [-0.25, -0.2) is 0 Å². The van der Waals surface area contributed by atoms with Crippen LogP contribution in [0, 0.1) is 5.92 Å². The van der Waals surface area contributed by atoms with Crippen molar-refractivity contribution >= 4 is 17.3 Å². The van der Waals surface area contributed by atoms with Crippen molar-refractivity contribution in [2.24, 2.45) is 5.92 Å². The Labute approximate surface area is 91.6 Å². The first-order valence-electron chi connectivity index (χ1n) is 5.41. The fourth-order valence-corrected chi connectivity index (χ4v) is 2.05. The van der Waals surface area contributed by atoms with Gasteiger partial charge in [0.05, 0.1) is 6.10 Å². The smallest absolute Gasteiger partial charge is 0.166 e. The second-order valence-electron chi connectivity index (χ2n) is 3.61. The number of thiocarbonyl (C=S) groups is 1. The van der Waals surface area contributed by atoms with Crippen LogP contribution in [0.5, 0.6) is 0 Å². The van der Waals surface area contributed by atoms with Crippen molar-refractivity contribution in [2.75, 3.05) is 19.7 Å². The molecule has 1 aliphatic heterocycles. The molecule has 2 N–H and O–H groups in total. The van der Waals surface area contributed by atoms with Gasteiger partial charge < -0.3 is 15.4 Å². The van der Waals surface area contributed by atoms with E-state index < -0.39 is 0 Å². The molecule has 82 valence electrons. The van der Waals surface area contributed by atoms with Gasteiger partial charge in [0.15, 0.2) is 5.11 Å². The molecule has 0 amide bonds. The quantitative estimate of drug-likeness (QED) is 0.694. The first kappa shape index (κ1) is 11.7. The summed E-state index contributed by atoms with van der Waals surface area (Å²) in [5.41, 5.74) is 0. The van der Waals surface area contributed by atoms with Crippen molar-refractivity contribution < 1.29 is 4.74 Å². The van der Waals surface area contributed by atoms with E-state index in [1.807, 2.05) is 6.92 Å². The average molecular weight is 216 g/mol. The third kappa shape index (κ3) is 3.42. The monoisotopic (exact) mass is 216 g/mol. The number of ether oxygens (including phenoxy) is 1. The molecule has 0 bridgehead atoms. The highest BCUT2D eigenvalue weighted by Crippen LogP contribution is 2.22. The zero-order valence-electron chi connectivity index (χ0n) is 9.01. The van der Waals surface area contributed by atoms with Crippen molar-refractivity contribution in [1.29, 1.82) is 0 Å². The molecule has 0 aliphatic carbocycles. The molecule has 1 saturated heterocycles. The molecule has 4 heteroatoms. The van der Waals surface area contributed by atoms with E-state index in [0.29, 0.717) is 12.0 Å². The Balaban J connectivity index is 2.20. The van der Waals surface area contributed by atoms with Gasteiger partial charge in [0.1, 0.15) is 0 Å². The fourth-order valence-electron chi connectivity index (χ4n) is 1.82. The first-order valence-corrected chi connectivity index (χ1v) is 5.82. The maximum absolute atomic E-state index is 5.60. The van der Waals surface area contributed by atoms with E-state index in [0.717, 1.165) is 37.7 Å². The van der Waals surface area contributed by atoms with Crippen LogP contribution in [0.1, 0.15) is 26.7 Å². The van der Waals surface area contributed by atoms with Crippen LogP contribution in [0.3, 0.4) is 0 Å². The summed E-state index contributed by atoms with van der Waals surface area (Å²) in [6.45, 7) is 6.93. The lowest BCUT2D eigenvalue weighted by Crippen LogP contribution is -2.39. The number of hydrogen-bond acceptors (Lipinski definition) is 2. The predicted molar refractivity (Wildman–Crippen MR) is 62.4 cm³/mol. The highest BCUT2D eigenvalue weighted by molar-refractivity contribution is 7.80. The molecule has 0 aromatic rings. The lowest BCUT2D eigenvalue weighted by Gasteiger charge is -2.18. The minimum absolute atomic E-state index is 0.423. The van der Waals surface area contributed by atoms with E-state index >= 15 is 0 Å². The molecule has 0 aromatic carbocycles. The molecule has 3 nitrogen and oxygen atoms in total. The summed E-state index contributed by atoms with van der Waals surface area (Å²) in [7, 11) is 0. The van der Waals surface area contributed by atoms with Gasteiger partial charge in [0.2, 0.25) is 0 Å². The van der Waals surface area contributed by atoms with Crippen LogP contribution >= 0.6 is 12.2 Å². The maximum Gasteiger partial charge on any atom is 0.166 e. The Hall–Kier alpha value is -0.350. The topological polar surface area (TPSA) is 33.3 Å². The minimum Gasteiger partial charge on any atom is -0.378 e. The fraction of sp³-hybridized carbons (Fsp3) is 0.900. The van der Waals surface area contributed by atoms with Crippen molar-refractivity contribution in [2.45, 2.75) is 32.8 Å². The normalized spacial score (nSPS) is 26.1. The number of nitrogens with one attached hydrogen (secondary N) is 2. The van der Waals surface area contributed by atoms with E-state index in [4.69, 9.17) is 17.0 Å². The van der Waals surface area contributed by atoms with E-state index in [-0.39, 0.29) is 0 Å². The summed E-state index contributed by atoms with van der Waals surface area (Å²) < 4.78 is 5.60. The van der Waals surface area contributed by atoms with Crippen molar-refractivity contribution in [3.63, 3.8) is 0 Å². The van der Waals surface area contributed by atoms with Crippen LogP contribution in [0.4, 0.5) is 0 Å². The van der Waals surface area contributed by atoms with E-state index in [1.165, 1.54) is 0 Å². The second-order valence-corrected chi connectivity index (χ2v) is 4.01. The van der Waals surface area contributed by atoms with E-state index in [9.17, 15) is 0 Å². The molecular formula is C10H20N2OS. The van der Waals surface area contributed by atoms with Gasteiger partial charge in [-0.3, -0.25) is 0 Å². The third-order valence-electron chi connectivity index (χ3n) is 2.61. The summed E-state index contributed by atoms with van der Waals surface area (Å²) in [6.07, 6.45) is 2.67. The Kier molecular flexibility index (Phi) is 5.19. The molecule has 1 fully saturated rings. The summed E-state index contributed by atoms with van der Waals surface area (Å²) in [6, 6.07) is 0. The molecule has 2 unspecified atom stereocenters. The third-order valence-corrected chi connectivity index (χ3v) is 2.90. The number of rotatable bonds is 4. The predicted octanol–water partition coefficient (Wildman–Crippen LogP) is 1.29. The van der Waals surface area contributed by atoms with Crippen LogP contribution in [-0.4, -0.2) is 30.9 Å². The molecule has 0 spiro atoms. The van der Waals surface area contributed by atoms with Gasteiger partial charge in [-0.2, -0.15) is 0 Å². The van der Waals surface area contributed by atoms with Crippen LogP contribution in [0.15, 0.2) is 0 Å². The average Bonchev–Trinajstić information content (AvgIpc) is 2.62. The molecule has 0 saturated carbocycles. The van der Waals surface area contributed by atoms with Crippen LogP contribution in [-0.2, 0) is 4.74 Å². The largest absolute Gasteiger partial charge is 0.378 e. The Morgan fingerprint density at radius 3 is 2.86 bits per heavy atom. The molecule has 0 aromatic heterocycles. The summed E-state index contributed by atoms with van der Waals surface area (Å²) in [5, 5.41) is 7.07. The summed E-state index contributed by atoms with van der Waals surface area (Å²) >= 11 is 5.10. The van der Waals surface area contributed by atoms with Crippen molar-refractivity contribution in [3.8, 4) is 0 Å². The lowest BCUT2D eigenvalue weighted by atomic mass is 10.00. The lowest BCUT2D eigenvalue weighted by molar-refractivity contribution is 0.0883. The summed E-state index contributed by atoms with van der Waals surface area (Å²) in [4.78, 5) is 0. The van der Waals surface area contributed by atoms with E-state index in [2.05, 4.69) is 17.6 Å². The van der Waals surface area contributed by atoms with E-state index in [1.54, 1.807) is 0 Å². The van der Waals surface area contributed by atoms with Crippen LogP contribution in [0.2, 0.25) is 0 Å². The van der Waals surface area contributed by atoms with Gasteiger partial charge in [-0.15, -0.1) is 0 Å². The number of hydrogen-bond donors (Lipinski definition) is 2. The maximum atomic E-state index is 5.60. The Morgan fingerprint density at radius 1 is 1.43 bits per heavy atom. The molecule has 0 radical (unpaired) electrons. The molecule has 1 aliphatic rings. The van der Waals surface area contributed by atoms with Crippen molar-refractivity contribution in [3.05, 3.63) is 0 Å². The van der Waals surface area contributed by atoms with Gasteiger partial charge in [0, 0.05) is 25.6 Å². The van der Waals surface area contributed by atoms with Gasteiger partial charge in [-0.1, -0.05) is 6.92 Å². The molecule has 2 atom stereocenters. The summed E-state index contributed by atoms with van der Waals surface area (Å²) in [5.74, 6) is 0.622. The standard InChI is InChI=1S/C10H20N2OS/c1-3-9-8(5-6-13-9)7-12-10(14)11-4-2/h8-9H,3-7H2,1-2H3,(H2,11,12,14). The van der Waals surface area contributed by atoms with Gasteiger partial charge in [-0.05, 0) is 32.0 Å². The van der Waals surface area contributed by atoms with Gasteiger partial charge in [0.25, 0.3) is 0 Å². The zero-order valence-corrected chi connectivity index (χ0v) is 9.82. The molecule has 1 heterocycles. The van der Waals surface area contributed by atoms with Gasteiger partial charge >= 0.3 is 0 Å². The Bertz CT molecular complexity index is 187. The first-order chi connectivity index (χ1) is 6.77. The molecule has 1 rings (SSSR count). The molecule has 14 heavy (non-hydrogen) atoms. The zero-order chi connectivity index (χ0) is 10.4. The van der Waals surface area contributed by atoms with Crippen LogP contribution < -0.4 is 10.6 Å². The highest BCUT2D eigenvalue weighted by Gasteiger charge is 2.26. The SMILES string of the molecule is CCNC(=S)NCC1CCOC1CC. The highest BCUT2D eigenvalue weighted by atomic mass is 32.1. The second kappa shape index (κ2) is 6.19. The molecular weight excluding hydrogens is 196 g/mol. The van der Waals surface area contributed by atoms with Crippen molar-refractivity contribution in [1.82, 2.24) is 10.6 Å². The van der Waals surface area contributed by atoms with Crippen LogP contribution in [0.25, 0.3) is 0 Å². The minimum atomic E-state index is 0.423. The Morgan fingerprint density at radius 2 is 2.21 bits per heavy atom.